The van der Waals surface area contributed by atoms with Crippen LogP contribution in [-0.2, 0) is 14.3 Å². The lowest BCUT2D eigenvalue weighted by Crippen LogP contribution is -2.42. The fourth-order valence-electron chi connectivity index (χ4n) is 1.48. The monoisotopic (exact) mass is 344 g/mol. The smallest absolute Gasteiger partial charge is 0.392 e. The number of hydrogen-bond donors (Lipinski definition) is 1. The fourth-order valence-corrected chi connectivity index (χ4v) is 1.95. The van der Waals surface area contributed by atoms with Crippen molar-refractivity contribution < 1.29 is 19.2 Å². The van der Waals surface area contributed by atoms with E-state index in [0.29, 0.717) is 11.3 Å². The number of halogens is 1. The molecule has 0 radical (unpaired) electrons. The molecule has 7 nitrogen and oxygen atoms in total. The molecule has 1 rings (SSSR count). The van der Waals surface area contributed by atoms with Gasteiger partial charge in [-0.3, -0.25) is 14.9 Å². The van der Waals surface area contributed by atoms with Crippen LogP contribution in [0.2, 0.25) is 0 Å². The summed E-state index contributed by atoms with van der Waals surface area (Å²) in [6.45, 7) is 3.20. The third-order valence-corrected chi connectivity index (χ3v) is 2.91. The van der Waals surface area contributed by atoms with Crippen molar-refractivity contribution in [2.45, 2.75) is 19.9 Å². The highest BCUT2D eigenvalue weighted by Gasteiger charge is 2.39. The molecule has 108 valence electrons. The van der Waals surface area contributed by atoms with E-state index in [2.05, 4.69) is 26.0 Å². The molecule has 8 heteroatoms. The van der Waals surface area contributed by atoms with Gasteiger partial charge in [-0.25, -0.2) is 4.79 Å². The summed E-state index contributed by atoms with van der Waals surface area (Å²) in [5.74, 6) is -2.20. The number of carbonyl (C=O) groups is 2. The van der Waals surface area contributed by atoms with Gasteiger partial charge in [0.25, 0.3) is 0 Å². The predicted octanol–water partition coefficient (Wildman–Crippen LogP) is 1.90. The molecule has 0 fully saturated rings. The van der Waals surface area contributed by atoms with Gasteiger partial charge in [0.2, 0.25) is 0 Å². The Morgan fingerprint density at radius 3 is 2.65 bits per heavy atom. The Morgan fingerprint density at radius 2 is 2.15 bits per heavy atom. The number of aryl methyl sites for hydroxylation is 1. The quantitative estimate of drug-likeness (QED) is 0.380. The Kier molecular flexibility index (Phi) is 5.63. The lowest BCUT2D eigenvalue weighted by molar-refractivity contribution is -0.496. The number of nitrogens with one attached hydrogen (secondary N) is 1. The van der Waals surface area contributed by atoms with Gasteiger partial charge in [-0.1, -0.05) is 15.9 Å². The largest absolute Gasteiger partial charge is 0.460 e. The minimum atomic E-state index is -2.07. The minimum Gasteiger partial charge on any atom is -0.460 e. The summed E-state index contributed by atoms with van der Waals surface area (Å²) in [6.07, 6.45) is 0. The van der Waals surface area contributed by atoms with Gasteiger partial charge in [-0.05, 0) is 37.6 Å². The number of nitro groups is 1. The van der Waals surface area contributed by atoms with E-state index in [1.165, 1.54) is 6.92 Å². The van der Waals surface area contributed by atoms with Crippen molar-refractivity contribution in [3.05, 3.63) is 38.3 Å². The van der Waals surface area contributed by atoms with Crippen molar-refractivity contribution in [3.8, 4) is 0 Å². The van der Waals surface area contributed by atoms with E-state index in [9.17, 15) is 19.7 Å². The van der Waals surface area contributed by atoms with Crippen LogP contribution in [0.4, 0.5) is 5.69 Å². The maximum absolute atomic E-state index is 11.8. The summed E-state index contributed by atoms with van der Waals surface area (Å²) in [5.41, 5.74) is 1.10. The SMILES string of the molecule is CCOC(=O)C(C(=O)Nc1ccc(Br)cc1C)[N+](=O)[O-]. The molecule has 0 heterocycles. The first-order chi connectivity index (χ1) is 9.36. The number of esters is 1. The van der Waals surface area contributed by atoms with E-state index in [1.54, 1.807) is 25.1 Å². The van der Waals surface area contributed by atoms with Crippen molar-refractivity contribution >= 4 is 33.5 Å². The molecule has 0 aliphatic carbocycles. The Morgan fingerprint density at radius 1 is 1.50 bits per heavy atom. The molecule has 20 heavy (non-hydrogen) atoms. The number of amides is 1. The summed E-state index contributed by atoms with van der Waals surface area (Å²) in [5, 5.41) is 13.2. The van der Waals surface area contributed by atoms with Crippen molar-refractivity contribution in [2.75, 3.05) is 11.9 Å². The Hall–Kier alpha value is -1.96. The molecule has 0 saturated carbocycles. The topological polar surface area (TPSA) is 98.5 Å². The molecular weight excluding hydrogens is 332 g/mol. The second-order valence-electron chi connectivity index (χ2n) is 3.89. The molecule has 0 aliphatic heterocycles. The molecule has 1 unspecified atom stereocenters. The zero-order chi connectivity index (χ0) is 15.3. The van der Waals surface area contributed by atoms with Crippen LogP contribution in [0.5, 0.6) is 0 Å². The highest BCUT2D eigenvalue weighted by Crippen LogP contribution is 2.20. The lowest BCUT2D eigenvalue weighted by atomic mass is 10.2. The van der Waals surface area contributed by atoms with Crippen molar-refractivity contribution in [3.63, 3.8) is 0 Å². The van der Waals surface area contributed by atoms with E-state index < -0.39 is 22.8 Å². The number of benzene rings is 1. The second kappa shape index (κ2) is 6.99. The van der Waals surface area contributed by atoms with Gasteiger partial charge in [-0.2, -0.15) is 0 Å². The van der Waals surface area contributed by atoms with Crippen LogP contribution >= 0.6 is 15.9 Å². The maximum Gasteiger partial charge on any atom is 0.392 e. The lowest BCUT2D eigenvalue weighted by Gasteiger charge is -2.11. The van der Waals surface area contributed by atoms with Gasteiger partial charge < -0.3 is 10.1 Å². The van der Waals surface area contributed by atoms with E-state index in [1.807, 2.05) is 0 Å². The molecule has 1 aromatic carbocycles. The van der Waals surface area contributed by atoms with E-state index in [-0.39, 0.29) is 6.61 Å². The average Bonchev–Trinajstić information content (AvgIpc) is 2.32. The van der Waals surface area contributed by atoms with E-state index >= 15 is 0 Å². The summed E-state index contributed by atoms with van der Waals surface area (Å²) >= 11 is 3.26. The van der Waals surface area contributed by atoms with E-state index in [0.717, 1.165) is 4.47 Å². The molecule has 0 aliphatic rings. The Bertz CT molecular complexity index is 547. The average molecular weight is 345 g/mol. The van der Waals surface area contributed by atoms with Gasteiger partial charge in [-0.15, -0.1) is 0 Å². The van der Waals surface area contributed by atoms with Crippen LogP contribution in [0, 0.1) is 17.0 Å². The standard InChI is InChI=1S/C12H13BrN2O5/c1-3-20-12(17)10(15(18)19)11(16)14-9-5-4-8(13)6-7(9)2/h4-6,10H,3H2,1-2H3,(H,14,16). The van der Waals surface area contributed by atoms with Crippen molar-refractivity contribution in [1.82, 2.24) is 0 Å². The van der Waals surface area contributed by atoms with Gasteiger partial charge >= 0.3 is 17.9 Å². The third kappa shape index (κ3) is 4.02. The Labute approximate surface area is 123 Å². The normalized spacial score (nSPS) is 11.6. The van der Waals surface area contributed by atoms with E-state index in [4.69, 9.17) is 0 Å². The summed E-state index contributed by atoms with van der Waals surface area (Å²) in [7, 11) is 0. The van der Waals surface area contributed by atoms with Crippen LogP contribution in [-0.4, -0.2) is 29.4 Å². The Balaban J connectivity index is 2.91. The summed E-state index contributed by atoms with van der Waals surface area (Å²) < 4.78 is 5.33. The molecule has 0 spiro atoms. The number of ether oxygens (including phenoxy) is 1. The number of hydrogen-bond acceptors (Lipinski definition) is 5. The van der Waals surface area contributed by atoms with Gasteiger partial charge in [0.15, 0.2) is 0 Å². The van der Waals surface area contributed by atoms with Crippen LogP contribution in [0.15, 0.2) is 22.7 Å². The number of carbonyl (C=O) groups excluding carboxylic acids is 2. The van der Waals surface area contributed by atoms with Crippen LogP contribution in [0.3, 0.4) is 0 Å². The van der Waals surface area contributed by atoms with Crippen molar-refractivity contribution in [2.24, 2.45) is 0 Å². The molecule has 1 aromatic rings. The first-order valence-electron chi connectivity index (χ1n) is 5.74. The van der Waals surface area contributed by atoms with Crippen LogP contribution < -0.4 is 5.32 Å². The molecule has 1 N–H and O–H groups in total. The summed E-state index contributed by atoms with van der Waals surface area (Å²) in [6, 6.07) is 2.92. The maximum atomic E-state index is 11.8. The third-order valence-electron chi connectivity index (χ3n) is 2.42. The molecule has 0 bridgehead atoms. The zero-order valence-corrected chi connectivity index (χ0v) is 12.5. The molecule has 0 saturated heterocycles. The number of anilines is 1. The zero-order valence-electron chi connectivity index (χ0n) is 10.9. The molecule has 0 aromatic heterocycles. The molecular formula is C12H13BrN2O5. The number of rotatable bonds is 5. The highest BCUT2D eigenvalue weighted by atomic mass is 79.9. The van der Waals surface area contributed by atoms with Crippen molar-refractivity contribution in [1.29, 1.82) is 0 Å². The molecule has 1 amide bonds. The van der Waals surface area contributed by atoms with Crippen LogP contribution in [0.25, 0.3) is 0 Å². The molecule has 1 atom stereocenters. The highest BCUT2D eigenvalue weighted by molar-refractivity contribution is 9.10. The fraction of sp³-hybridized carbons (Fsp3) is 0.333. The first kappa shape index (κ1) is 16.1. The van der Waals surface area contributed by atoms with Gasteiger partial charge in [0.05, 0.1) is 6.61 Å². The first-order valence-corrected chi connectivity index (χ1v) is 6.53. The summed E-state index contributed by atoms with van der Waals surface area (Å²) in [4.78, 5) is 33.1. The van der Waals surface area contributed by atoms with Crippen LogP contribution in [0.1, 0.15) is 12.5 Å². The predicted molar refractivity (Wildman–Crippen MR) is 74.9 cm³/mol. The van der Waals surface area contributed by atoms with Gasteiger partial charge in [0, 0.05) is 15.1 Å². The second-order valence-corrected chi connectivity index (χ2v) is 4.80. The minimum absolute atomic E-state index is 0.0340. The number of nitrogens with zero attached hydrogens (tertiary/aromatic N) is 1. The van der Waals surface area contributed by atoms with Gasteiger partial charge in [0.1, 0.15) is 0 Å².